The summed E-state index contributed by atoms with van der Waals surface area (Å²) in [5.74, 6) is 0.956. The molecule has 2 aromatic rings. The van der Waals surface area contributed by atoms with Crippen LogP contribution in [-0.4, -0.2) is 17.5 Å². The van der Waals surface area contributed by atoms with Crippen LogP contribution in [0.5, 0.6) is 0 Å². The van der Waals surface area contributed by atoms with E-state index in [9.17, 15) is 0 Å². The minimum atomic E-state index is 0.821. The molecule has 0 radical (unpaired) electrons. The van der Waals surface area contributed by atoms with Crippen molar-refractivity contribution < 1.29 is 0 Å². The molecule has 0 bridgehead atoms. The maximum atomic E-state index is 6.28. The van der Waals surface area contributed by atoms with Gasteiger partial charge in [-0.05, 0) is 60.1 Å². The summed E-state index contributed by atoms with van der Waals surface area (Å²) in [7, 11) is 0. The first kappa shape index (κ1) is 12.2. The van der Waals surface area contributed by atoms with E-state index in [4.69, 9.17) is 5.73 Å². The lowest BCUT2D eigenvalue weighted by molar-refractivity contribution is 0.244. The Balaban J connectivity index is 1.61. The number of hydrogen-bond acceptors (Lipinski definition) is 2. The van der Waals surface area contributed by atoms with E-state index in [0.29, 0.717) is 0 Å². The summed E-state index contributed by atoms with van der Waals surface area (Å²) in [4.78, 5) is 2.66. The van der Waals surface area contributed by atoms with Crippen LogP contribution in [0.1, 0.15) is 31.2 Å². The van der Waals surface area contributed by atoms with Crippen molar-refractivity contribution in [3.63, 3.8) is 0 Å². The lowest BCUT2D eigenvalue weighted by Crippen LogP contribution is -2.28. The number of nitrogen functional groups attached to an aromatic ring is 1. The van der Waals surface area contributed by atoms with E-state index >= 15 is 0 Å². The van der Waals surface area contributed by atoms with Crippen molar-refractivity contribution >= 4 is 16.5 Å². The maximum absolute atomic E-state index is 6.28. The molecule has 0 amide bonds. The van der Waals surface area contributed by atoms with Crippen LogP contribution >= 0.6 is 0 Å². The van der Waals surface area contributed by atoms with Gasteiger partial charge in [0.15, 0.2) is 0 Å². The van der Waals surface area contributed by atoms with Crippen LogP contribution in [0.3, 0.4) is 0 Å². The SMILES string of the molecule is Nc1cc2ccccc2cc1CN(CC1CC1)C1CC1. The third kappa shape index (κ3) is 2.53. The van der Waals surface area contributed by atoms with Crippen molar-refractivity contribution in [1.29, 1.82) is 0 Å². The maximum Gasteiger partial charge on any atom is 0.0366 e. The van der Waals surface area contributed by atoms with E-state index in [1.807, 2.05) is 0 Å². The van der Waals surface area contributed by atoms with Crippen molar-refractivity contribution in [1.82, 2.24) is 4.90 Å². The summed E-state index contributed by atoms with van der Waals surface area (Å²) >= 11 is 0. The van der Waals surface area contributed by atoms with Gasteiger partial charge in [-0.15, -0.1) is 0 Å². The number of fused-ring (bicyclic) bond motifs is 1. The molecule has 2 heteroatoms. The lowest BCUT2D eigenvalue weighted by atomic mass is 10.0. The Bertz CT molecular complexity index is 626. The highest BCUT2D eigenvalue weighted by atomic mass is 15.2. The molecule has 0 saturated heterocycles. The van der Waals surface area contributed by atoms with Crippen LogP contribution in [0, 0.1) is 5.92 Å². The number of anilines is 1. The Morgan fingerprint density at radius 3 is 2.35 bits per heavy atom. The molecule has 0 aromatic heterocycles. The molecule has 2 aliphatic carbocycles. The van der Waals surface area contributed by atoms with E-state index in [-0.39, 0.29) is 0 Å². The van der Waals surface area contributed by atoms with Crippen LogP contribution in [0.2, 0.25) is 0 Å². The average Bonchev–Trinajstić information content (AvgIpc) is 3.32. The summed E-state index contributed by atoms with van der Waals surface area (Å²) in [5, 5.41) is 2.55. The van der Waals surface area contributed by atoms with Gasteiger partial charge < -0.3 is 5.73 Å². The Kier molecular flexibility index (Phi) is 2.92. The van der Waals surface area contributed by atoms with Crippen LogP contribution in [-0.2, 0) is 6.54 Å². The summed E-state index contributed by atoms with van der Waals surface area (Å²) in [6.45, 7) is 2.30. The van der Waals surface area contributed by atoms with Gasteiger partial charge in [0.05, 0.1) is 0 Å². The van der Waals surface area contributed by atoms with Crippen molar-refractivity contribution in [3.05, 3.63) is 42.0 Å². The van der Waals surface area contributed by atoms with E-state index in [1.54, 1.807) is 0 Å². The molecule has 20 heavy (non-hydrogen) atoms. The van der Waals surface area contributed by atoms with Crippen LogP contribution in [0.4, 0.5) is 5.69 Å². The summed E-state index contributed by atoms with van der Waals surface area (Å²) in [6, 6.07) is 13.7. The highest BCUT2D eigenvalue weighted by Gasteiger charge is 2.33. The molecular weight excluding hydrogens is 244 g/mol. The highest BCUT2D eigenvalue weighted by Crippen LogP contribution is 2.36. The second kappa shape index (κ2) is 4.78. The van der Waals surface area contributed by atoms with Gasteiger partial charge in [-0.3, -0.25) is 4.90 Å². The number of hydrogen-bond donors (Lipinski definition) is 1. The van der Waals surface area contributed by atoms with E-state index in [2.05, 4.69) is 41.3 Å². The highest BCUT2D eigenvalue weighted by molar-refractivity contribution is 5.86. The fraction of sp³-hybridized carbons (Fsp3) is 0.444. The first-order valence-corrected chi connectivity index (χ1v) is 7.81. The number of nitrogens with zero attached hydrogens (tertiary/aromatic N) is 1. The topological polar surface area (TPSA) is 29.3 Å². The molecule has 2 aliphatic rings. The molecule has 104 valence electrons. The van der Waals surface area contributed by atoms with E-state index in [1.165, 1.54) is 48.6 Å². The van der Waals surface area contributed by atoms with Gasteiger partial charge in [0.25, 0.3) is 0 Å². The predicted molar refractivity (Wildman–Crippen MR) is 84.5 cm³/mol. The van der Waals surface area contributed by atoms with Gasteiger partial charge >= 0.3 is 0 Å². The molecule has 0 atom stereocenters. The Hall–Kier alpha value is -1.54. The number of benzene rings is 2. The Morgan fingerprint density at radius 2 is 1.70 bits per heavy atom. The zero-order chi connectivity index (χ0) is 13.5. The molecule has 4 rings (SSSR count). The van der Waals surface area contributed by atoms with Crippen LogP contribution in [0.25, 0.3) is 10.8 Å². The molecule has 0 aliphatic heterocycles. The fourth-order valence-corrected chi connectivity index (χ4v) is 3.08. The molecular formula is C18H22N2. The molecule has 0 unspecified atom stereocenters. The van der Waals surface area contributed by atoms with Gasteiger partial charge in [0.2, 0.25) is 0 Å². The second-order valence-corrected chi connectivity index (χ2v) is 6.50. The first-order valence-electron chi connectivity index (χ1n) is 7.81. The van der Waals surface area contributed by atoms with Gasteiger partial charge in [-0.25, -0.2) is 0 Å². The zero-order valence-corrected chi connectivity index (χ0v) is 11.9. The molecule has 0 heterocycles. The van der Waals surface area contributed by atoms with Crippen LogP contribution in [0.15, 0.2) is 36.4 Å². The van der Waals surface area contributed by atoms with Gasteiger partial charge in [-0.2, -0.15) is 0 Å². The summed E-state index contributed by atoms with van der Waals surface area (Å²) < 4.78 is 0. The minimum absolute atomic E-state index is 0.821. The third-order valence-electron chi connectivity index (χ3n) is 4.63. The third-order valence-corrected chi connectivity index (χ3v) is 4.63. The van der Waals surface area contributed by atoms with Crippen LogP contribution < -0.4 is 5.73 Å². The summed E-state index contributed by atoms with van der Waals surface area (Å²) in [6.07, 6.45) is 5.60. The normalized spacial score (nSPS) is 18.9. The van der Waals surface area contributed by atoms with Gasteiger partial charge in [0.1, 0.15) is 0 Å². The fourth-order valence-electron chi connectivity index (χ4n) is 3.08. The Labute approximate surface area is 120 Å². The first-order chi connectivity index (χ1) is 9.79. The second-order valence-electron chi connectivity index (χ2n) is 6.50. The van der Waals surface area contributed by atoms with Crippen molar-refractivity contribution in [2.45, 2.75) is 38.3 Å². The van der Waals surface area contributed by atoms with E-state index in [0.717, 1.165) is 24.2 Å². The number of rotatable bonds is 5. The van der Waals surface area contributed by atoms with Crippen molar-refractivity contribution in [2.24, 2.45) is 5.92 Å². The van der Waals surface area contributed by atoms with Gasteiger partial charge in [0, 0.05) is 24.8 Å². The van der Waals surface area contributed by atoms with Crippen molar-refractivity contribution in [3.8, 4) is 0 Å². The minimum Gasteiger partial charge on any atom is -0.398 e. The standard InChI is InChI=1S/C18H22N2/c19-18-10-15-4-2-1-3-14(15)9-16(18)12-20(17-7-8-17)11-13-5-6-13/h1-4,9-10,13,17H,5-8,11-12,19H2. The number of nitrogens with two attached hydrogens (primary N) is 1. The van der Waals surface area contributed by atoms with E-state index < -0.39 is 0 Å². The molecule has 2 N–H and O–H groups in total. The Morgan fingerprint density at radius 1 is 1.00 bits per heavy atom. The van der Waals surface area contributed by atoms with Gasteiger partial charge in [-0.1, -0.05) is 24.3 Å². The molecule has 2 nitrogen and oxygen atoms in total. The molecule has 0 spiro atoms. The molecule has 2 fully saturated rings. The zero-order valence-electron chi connectivity index (χ0n) is 11.9. The smallest absolute Gasteiger partial charge is 0.0366 e. The average molecular weight is 266 g/mol. The largest absolute Gasteiger partial charge is 0.398 e. The van der Waals surface area contributed by atoms with Crippen molar-refractivity contribution in [2.75, 3.05) is 12.3 Å². The molecule has 2 aromatic carbocycles. The lowest BCUT2D eigenvalue weighted by Gasteiger charge is -2.23. The monoisotopic (exact) mass is 266 g/mol. The quantitative estimate of drug-likeness (QED) is 0.834. The molecule has 2 saturated carbocycles. The predicted octanol–water partition coefficient (Wildman–Crippen LogP) is 3.80. The summed E-state index contributed by atoms with van der Waals surface area (Å²) in [5.41, 5.74) is 8.53.